The first-order valence-corrected chi connectivity index (χ1v) is 9.54. The summed E-state index contributed by atoms with van der Waals surface area (Å²) in [5, 5.41) is 11.6. The summed E-state index contributed by atoms with van der Waals surface area (Å²) in [7, 11) is 0. The van der Waals surface area contributed by atoms with Gasteiger partial charge >= 0.3 is 5.97 Å². The number of carbonyl (C=O) groups is 2. The Kier molecular flexibility index (Phi) is 6.85. The monoisotopic (exact) mass is 395 g/mol. The molecule has 2 rings (SSSR count). The zero-order valence-corrected chi connectivity index (χ0v) is 17.7. The summed E-state index contributed by atoms with van der Waals surface area (Å²) in [6.45, 7) is 11.2. The summed E-state index contributed by atoms with van der Waals surface area (Å²) in [5.74, 6) is -0.818. The predicted molar refractivity (Wildman–Crippen MR) is 115 cm³/mol. The third-order valence-corrected chi connectivity index (χ3v) is 4.41. The van der Waals surface area contributed by atoms with Crippen LogP contribution in [0.1, 0.15) is 57.0 Å². The largest absolute Gasteiger partial charge is 0.478 e. The summed E-state index contributed by atoms with van der Waals surface area (Å²) >= 11 is 0. The molecule has 0 bridgehead atoms. The normalized spacial score (nSPS) is 12.0. The molecule has 2 aromatic rings. The maximum Gasteiger partial charge on any atom is 0.335 e. The smallest absolute Gasteiger partial charge is 0.335 e. The molecule has 0 saturated carbocycles. The lowest BCUT2D eigenvalue weighted by molar-refractivity contribution is -0.112. The van der Waals surface area contributed by atoms with Gasteiger partial charge in [0, 0.05) is 11.8 Å². The average molecular weight is 395 g/mol. The quantitative estimate of drug-likeness (QED) is 0.470. The zero-order chi connectivity index (χ0) is 21.7. The first-order chi connectivity index (χ1) is 13.5. The van der Waals surface area contributed by atoms with Gasteiger partial charge in [-0.1, -0.05) is 52.8 Å². The lowest BCUT2D eigenvalue weighted by Crippen LogP contribution is -2.24. The molecular weight excluding hydrogens is 366 g/mol. The van der Waals surface area contributed by atoms with Crippen LogP contribution in [0.3, 0.4) is 0 Å². The molecule has 29 heavy (non-hydrogen) atoms. The standard InChI is InChI=1S/C24H29NO4/c1-23(2,3)16-24(4,5)18-9-11-20(12-10-18)29-14-13-21(26)25-19-8-6-7-17(15-19)22(27)28/h6-15H,16H2,1-5H3,(H,25,26)(H,27,28)/b14-13+. The van der Waals surface area contributed by atoms with Crippen molar-refractivity contribution in [2.45, 2.75) is 46.5 Å². The van der Waals surface area contributed by atoms with E-state index in [4.69, 9.17) is 9.84 Å². The van der Waals surface area contributed by atoms with E-state index in [1.807, 2.05) is 24.3 Å². The summed E-state index contributed by atoms with van der Waals surface area (Å²) in [6, 6.07) is 13.9. The number of amides is 1. The van der Waals surface area contributed by atoms with Crippen molar-refractivity contribution in [3.63, 3.8) is 0 Å². The van der Waals surface area contributed by atoms with Crippen LogP contribution in [0.25, 0.3) is 0 Å². The third kappa shape index (κ3) is 7.11. The molecule has 0 aliphatic rings. The van der Waals surface area contributed by atoms with Gasteiger partial charge in [0.05, 0.1) is 11.8 Å². The first-order valence-electron chi connectivity index (χ1n) is 9.54. The van der Waals surface area contributed by atoms with Gasteiger partial charge in [-0.15, -0.1) is 0 Å². The van der Waals surface area contributed by atoms with Gasteiger partial charge in [0.1, 0.15) is 5.75 Å². The molecule has 1 amide bonds. The van der Waals surface area contributed by atoms with Gasteiger partial charge in [0.25, 0.3) is 5.91 Å². The highest BCUT2D eigenvalue weighted by atomic mass is 16.5. The van der Waals surface area contributed by atoms with Crippen LogP contribution in [-0.4, -0.2) is 17.0 Å². The summed E-state index contributed by atoms with van der Waals surface area (Å²) in [5.41, 5.74) is 2.04. The van der Waals surface area contributed by atoms with Crippen molar-refractivity contribution in [3.05, 3.63) is 72.0 Å². The van der Waals surface area contributed by atoms with Crippen LogP contribution in [0.5, 0.6) is 5.75 Å². The second-order valence-corrected chi connectivity index (χ2v) is 8.94. The minimum atomic E-state index is -1.05. The van der Waals surface area contributed by atoms with Crippen molar-refractivity contribution in [1.82, 2.24) is 0 Å². The number of carbonyl (C=O) groups excluding carboxylic acids is 1. The van der Waals surface area contributed by atoms with E-state index >= 15 is 0 Å². The van der Waals surface area contributed by atoms with Gasteiger partial charge in [-0.3, -0.25) is 4.79 Å². The Morgan fingerprint density at radius 3 is 2.28 bits per heavy atom. The molecule has 5 heteroatoms. The van der Waals surface area contributed by atoms with Crippen LogP contribution in [0, 0.1) is 5.41 Å². The number of hydrogen-bond acceptors (Lipinski definition) is 3. The molecule has 0 heterocycles. The average Bonchev–Trinajstić information content (AvgIpc) is 2.60. The molecule has 5 nitrogen and oxygen atoms in total. The molecule has 154 valence electrons. The molecule has 2 N–H and O–H groups in total. The molecule has 2 aromatic carbocycles. The maximum atomic E-state index is 12.0. The fraction of sp³-hybridized carbons (Fsp3) is 0.333. The van der Waals surface area contributed by atoms with E-state index in [1.165, 1.54) is 30.0 Å². The molecule has 0 radical (unpaired) electrons. The summed E-state index contributed by atoms with van der Waals surface area (Å²) in [6.07, 6.45) is 3.62. The number of carboxylic acids is 1. The van der Waals surface area contributed by atoms with Crippen LogP contribution in [-0.2, 0) is 10.2 Å². The van der Waals surface area contributed by atoms with Crippen LogP contribution < -0.4 is 10.1 Å². The van der Waals surface area contributed by atoms with Gasteiger partial charge < -0.3 is 15.2 Å². The Labute approximate surface area is 172 Å². The lowest BCUT2D eigenvalue weighted by Gasteiger charge is -2.33. The van der Waals surface area contributed by atoms with E-state index in [2.05, 4.69) is 39.9 Å². The molecule has 0 aliphatic carbocycles. The first kappa shape index (κ1) is 22.2. The number of nitrogens with one attached hydrogen (secondary N) is 1. The van der Waals surface area contributed by atoms with Crippen molar-refractivity contribution in [1.29, 1.82) is 0 Å². The van der Waals surface area contributed by atoms with E-state index in [0.717, 1.165) is 6.42 Å². The number of ether oxygens (including phenoxy) is 1. The minimum Gasteiger partial charge on any atom is -0.478 e. The fourth-order valence-electron chi connectivity index (χ4n) is 3.50. The van der Waals surface area contributed by atoms with Crippen LogP contribution in [0.4, 0.5) is 5.69 Å². The molecule has 0 saturated heterocycles. The molecular formula is C24H29NO4. The third-order valence-electron chi connectivity index (χ3n) is 4.41. The van der Waals surface area contributed by atoms with Gasteiger partial charge in [-0.2, -0.15) is 0 Å². The van der Waals surface area contributed by atoms with E-state index in [-0.39, 0.29) is 16.4 Å². The van der Waals surface area contributed by atoms with Crippen molar-refractivity contribution in [2.75, 3.05) is 5.32 Å². The van der Waals surface area contributed by atoms with E-state index in [1.54, 1.807) is 12.1 Å². The maximum absolute atomic E-state index is 12.0. The Hall–Kier alpha value is -3.08. The number of aromatic carboxylic acids is 1. The Bertz CT molecular complexity index is 890. The van der Waals surface area contributed by atoms with Crippen molar-refractivity contribution in [3.8, 4) is 5.75 Å². The van der Waals surface area contributed by atoms with Crippen LogP contribution >= 0.6 is 0 Å². The van der Waals surface area contributed by atoms with Gasteiger partial charge in [0.2, 0.25) is 0 Å². The number of benzene rings is 2. The summed E-state index contributed by atoms with van der Waals surface area (Å²) in [4.78, 5) is 23.0. The molecule has 0 aliphatic heterocycles. The predicted octanol–water partition coefficient (Wildman–Crippen LogP) is 5.63. The molecule has 0 spiro atoms. The minimum absolute atomic E-state index is 0.0526. The fourth-order valence-corrected chi connectivity index (χ4v) is 3.50. The molecule has 0 fully saturated rings. The lowest BCUT2D eigenvalue weighted by atomic mass is 9.72. The zero-order valence-electron chi connectivity index (χ0n) is 17.7. The topological polar surface area (TPSA) is 75.6 Å². The van der Waals surface area contributed by atoms with E-state index in [9.17, 15) is 9.59 Å². The SMILES string of the molecule is CC(C)(C)CC(C)(C)c1ccc(O/C=C/C(=O)Nc2cccc(C(=O)O)c2)cc1. The van der Waals surface area contributed by atoms with E-state index < -0.39 is 11.9 Å². The number of carboxylic acid groups (broad SMARTS) is 1. The van der Waals surface area contributed by atoms with Gasteiger partial charge in [-0.05, 0) is 53.1 Å². The highest BCUT2D eigenvalue weighted by Crippen LogP contribution is 2.36. The second kappa shape index (κ2) is 8.95. The van der Waals surface area contributed by atoms with Gasteiger partial charge in [-0.25, -0.2) is 4.79 Å². The summed E-state index contributed by atoms with van der Waals surface area (Å²) < 4.78 is 5.51. The molecule has 0 atom stereocenters. The Morgan fingerprint density at radius 1 is 1.03 bits per heavy atom. The van der Waals surface area contributed by atoms with E-state index in [0.29, 0.717) is 11.4 Å². The number of hydrogen-bond donors (Lipinski definition) is 2. The van der Waals surface area contributed by atoms with Crippen molar-refractivity contribution >= 4 is 17.6 Å². The second-order valence-electron chi connectivity index (χ2n) is 8.94. The number of anilines is 1. The van der Waals surface area contributed by atoms with Crippen LogP contribution in [0.2, 0.25) is 0 Å². The van der Waals surface area contributed by atoms with Crippen LogP contribution in [0.15, 0.2) is 60.9 Å². The molecule has 0 aromatic heterocycles. The van der Waals surface area contributed by atoms with Gasteiger partial charge in [0.15, 0.2) is 0 Å². The number of rotatable bonds is 7. The highest BCUT2D eigenvalue weighted by molar-refractivity contribution is 6.00. The molecule has 0 unspecified atom stereocenters. The van der Waals surface area contributed by atoms with Crippen molar-refractivity contribution in [2.24, 2.45) is 5.41 Å². The Morgan fingerprint density at radius 2 is 1.69 bits per heavy atom. The highest BCUT2D eigenvalue weighted by Gasteiger charge is 2.27. The Balaban J connectivity index is 1.94. The van der Waals surface area contributed by atoms with Crippen molar-refractivity contribution < 1.29 is 19.4 Å².